The van der Waals surface area contributed by atoms with E-state index in [1.165, 1.54) is 40.7 Å². The lowest BCUT2D eigenvalue weighted by atomic mass is 9.90. The van der Waals surface area contributed by atoms with Crippen molar-refractivity contribution >= 4 is 42.2 Å². The quantitative estimate of drug-likeness (QED) is 0.236. The standard InChI is InChI=1S/C36H45N3O2.2ClH/c1-27-8-3-4-10-33(27)25-39-22-18-30-14-15-32(24-31(30)19-23-39)36(41)13-7-9-29-16-20-38(21-17-29)26-34-11-5-6-12-35(34)37-28(2)40;;/h3-6,8,10-12,14-15,24,29H,7,9,13,16-23,25-26H2,1-2H3,(H,37,40);2*1H. The molecule has 0 aliphatic carbocycles. The van der Waals surface area contributed by atoms with Crippen LogP contribution in [0.25, 0.3) is 0 Å². The summed E-state index contributed by atoms with van der Waals surface area (Å²) in [6.45, 7) is 9.85. The van der Waals surface area contributed by atoms with Gasteiger partial charge in [0.05, 0.1) is 0 Å². The van der Waals surface area contributed by atoms with Gasteiger partial charge in [-0.1, -0.05) is 54.6 Å². The molecule has 1 fully saturated rings. The normalized spacial score (nSPS) is 15.9. The average Bonchev–Trinajstić information content (AvgIpc) is 3.17. The molecule has 7 heteroatoms. The van der Waals surface area contributed by atoms with Crippen molar-refractivity contribution < 1.29 is 9.59 Å². The fraction of sp³-hybridized carbons (Fsp3) is 0.444. The highest BCUT2D eigenvalue weighted by Crippen LogP contribution is 2.27. The molecule has 0 radical (unpaired) electrons. The number of carbonyl (C=O) groups is 2. The second-order valence-corrected chi connectivity index (χ2v) is 12.1. The molecule has 5 rings (SSSR count). The van der Waals surface area contributed by atoms with Gasteiger partial charge in [0.2, 0.25) is 5.91 Å². The highest BCUT2D eigenvalue weighted by atomic mass is 35.5. The second-order valence-electron chi connectivity index (χ2n) is 12.1. The van der Waals surface area contributed by atoms with Crippen LogP contribution in [0.5, 0.6) is 0 Å². The van der Waals surface area contributed by atoms with E-state index in [0.717, 1.165) is 76.2 Å². The Morgan fingerprint density at radius 2 is 1.42 bits per heavy atom. The van der Waals surface area contributed by atoms with Gasteiger partial charge in [-0.05, 0) is 104 Å². The Morgan fingerprint density at radius 3 is 2.14 bits per heavy atom. The summed E-state index contributed by atoms with van der Waals surface area (Å²) in [6.07, 6.45) is 7.14. The number of amides is 1. The molecule has 2 aliphatic rings. The Hall–Kier alpha value is -2.70. The summed E-state index contributed by atoms with van der Waals surface area (Å²) in [5.41, 5.74) is 8.51. The minimum atomic E-state index is -0.0304. The number of hydrogen-bond acceptors (Lipinski definition) is 4. The highest BCUT2D eigenvalue weighted by Gasteiger charge is 2.21. The number of aryl methyl sites for hydroxylation is 1. The predicted molar refractivity (Wildman–Crippen MR) is 182 cm³/mol. The van der Waals surface area contributed by atoms with E-state index in [1.807, 2.05) is 18.2 Å². The van der Waals surface area contributed by atoms with Crippen LogP contribution >= 0.6 is 24.8 Å². The zero-order valence-electron chi connectivity index (χ0n) is 25.6. The minimum absolute atomic E-state index is 0. The lowest BCUT2D eigenvalue weighted by Gasteiger charge is -2.32. The third-order valence-electron chi connectivity index (χ3n) is 9.02. The summed E-state index contributed by atoms with van der Waals surface area (Å²) in [5.74, 6) is 0.953. The summed E-state index contributed by atoms with van der Waals surface area (Å²) in [4.78, 5) is 29.7. The molecule has 43 heavy (non-hydrogen) atoms. The van der Waals surface area contributed by atoms with Gasteiger partial charge >= 0.3 is 0 Å². The molecule has 2 aliphatic heterocycles. The maximum Gasteiger partial charge on any atom is 0.221 e. The number of piperidine rings is 1. The van der Waals surface area contributed by atoms with Gasteiger partial charge in [-0.2, -0.15) is 0 Å². The van der Waals surface area contributed by atoms with E-state index in [1.54, 1.807) is 6.92 Å². The zero-order chi connectivity index (χ0) is 28.6. The number of ketones is 1. The molecular formula is C36H47Cl2N3O2. The molecule has 0 bridgehead atoms. The maximum atomic E-state index is 13.1. The minimum Gasteiger partial charge on any atom is -0.326 e. The first-order valence-corrected chi connectivity index (χ1v) is 15.4. The lowest BCUT2D eigenvalue weighted by molar-refractivity contribution is -0.114. The van der Waals surface area contributed by atoms with Crippen LogP contribution < -0.4 is 5.32 Å². The van der Waals surface area contributed by atoms with E-state index in [-0.39, 0.29) is 30.7 Å². The van der Waals surface area contributed by atoms with Crippen LogP contribution in [-0.2, 0) is 30.7 Å². The van der Waals surface area contributed by atoms with E-state index >= 15 is 0 Å². The molecule has 0 unspecified atom stereocenters. The number of anilines is 1. The zero-order valence-corrected chi connectivity index (χ0v) is 27.3. The molecule has 1 N–H and O–H groups in total. The van der Waals surface area contributed by atoms with E-state index in [9.17, 15) is 9.59 Å². The predicted octanol–water partition coefficient (Wildman–Crippen LogP) is 7.66. The summed E-state index contributed by atoms with van der Waals surface area (Å²) in [5, 5.41) is 2.96. The topological polar surface area (TPSA) is 52.7 Å². The summed E-state index contributed by atoms with van der Waals surface area (Å²) in [6, 6.07) is 23.2. The van der Waals surface area contributed by atoms with Crippen molar-refractivity contribution in [1.82, 2.24) is 9.80 Å². The van der Waals surface area contributed by atoms with Crippen LogP contribution in [0.15, 0.2) is 66.7 Å². The van der Waals surface area contributed by atoms with Crippen molar-refractivity contribution in [2.24, 2.45) is 5.92 Å². The fourth-order valence-electron chi connectivity index (χ4n) is 6.47. The van der Waals surface area contributed by atoms with Crippen LogP contribution in [0.2, 0.25) is 0 Å². The third kappa shape index (κ3) is 9.90. The number of nitrogens with zero attached hydrogens (tertiary/aromatic N) is 2. The number of rotatable bonds is 10. The first-order chi connectivity index (χ1) is 19.9. The van der Waals surface area contributed by atoms with Gasteiger partial charge < -0.3 is 5.32 Å². The number of para-hydroxylation sites is 1. The molecule has 1 saturated heterocycles. The van der Waals surface area contributed by atoms with Crippen molar-refractivity contribution in [3.05, 3.63) is 100 Å². The van der Waals surface area contributed by atoms with Crippen LogP contribution in [0.1, 0.15) is 77.2 Å². The van der Waals surface area contributed by atoms with Gasteiger partial charge in [0.1, 0.15) is 0 Å². The number of carbonyl (C=O) groups excluding carboxylic acids is 2. The van der Waals surface area contributed by atoms with Crippen molar-refractivity contribution in [3.63, 3.8) is 0 Å². The largest absolute Gasteiger partial charge is 0.326 e. The first-order valence-electron chi connectivity index (χ1n) is 15.4. The average molecular weight is 625 g/mol. The molecule has 0 spiro atoms. The van der Waals surface area contributed by atoms with Gasteiger partial charge in [0, 0.05) is 50.8 Å². The number of benzene rings is 3. The van der Waals surface area contributed by atoms with Crippen LogP contribution in [0, 0.1) is 12.8 Å². The Balaban J connectivity index is 0.00000253. The fourth-order valence-corrected chi connectivity index (χ4v) is 6.47. The smallest absolute Gasteiger partial charge is 0.221 e. The summed E-state index contributed by atoms with van der Waals surface area (Å²) in [7, 11) is 0. The SMILES string of the molecule is CC(=O)Nc1ccccc1CN1CCC(CCCC(=O)c2ccc3c(c2)CCN(Cc2ccccc2C)CC3)CC1.Cl.Cl. The molecule has 2 heterocycles. The molecule has 0 atom stereocenters. The van der Waals surface area contributed by atoms with Crippen LogP contribution in [0.3, 0.4) is 0 Å². The van der Waals surface area contributed by atoms with E-state index in [0.29, 0.717) is 18.1 Å². The monoisotopic (exact) mass is 623 g/mol. The molecule has 3 aromatic rings. The Bertz CT molecular complexity index is 1350. The van der Waals surface area contributed by atoms with Gasteiger partial charge in [-0.3, -0.25) is 19.4 Å². The van der Waals surface area contributed by atoms with E-state index in [2.05, 4.69) is 70.6 Å². The number of halogens is 2. The third-order valence-corrected chi connectivity index (χ3v) is 9.02. The van der Waals surface area contributed by atoms with Crippen molar-refractivity contribution in [2.75, 3.05) is 31.5 Å². The van der Waals surface area contributed by atoms with Gasteiger partial charge in [0.25, 0.3) is 0 Å². The van der Waals surface area contributed by atoms with Crippen LogP contribution in [-0.4, -0.2) is 47.7 Å². The van der Waals surface area contributed by atoms with Crippen molar-refractivity contribution in [3.8, 4) is 0 Å². The summed E-state index contributed by atoms with van der Waals surface area (Å²) >= 11 is 0. The van der Waals surface area contributed by atoms with Crippen molar-refractivity contribution in [2.45, 2.75) is 71.9 Å². The number of nitrogens with one attached hydrogen (secondary N) is 1. The molecular weight excluding hydrogens is 577 g/mol. The molecule has 0 saturated carbocycles. The molecule has 3 aromatic carbocycles. The lowest BCUT2D eigenvalue weighted by Crippen LogP contribution is -2.33. The molecule has 1 amide bonds. The van der Waals surface area contributed by atoms with Gasteiger partial charge in [-0.25, -0.2) is 0 Å². The Morgan fingerprint density at radius 1 is 0.791 bits per heavy atom. The van der Waals surface area contributed by atoms with Gasteiger partial charge in [-0.15, -0.1) is 24.8 Å². The van der Waals surface area contributed by atoms with E-state index in [4.69, 9.17) is 0 Å². The number of fused-ring (bicyclic) bond motifs is 1. The Kier molecular flexibility index (Phi) is 13.7. The number of Topliss-reactive ketones (excluding diaryl/α,β-unsaturated/α-hetero) is 1. The highest BCUT2D eigenvalue weighted by molar-refractivity contribution is 5.96. The maximum absolute atomic E-state index is 13.1. The van der Waals surface area contributed by atoms with Crippen molar-refractivity contribution in [1.29, 1.82) is 0 Å². The molecule has 0 aromatic heterocycles. The number of hydrogen-bond donors (Lipinski definition) is 1. The van der Waals surface area contributed by atoms with Gasteiger partial charge in [0.15, 0.2) is 5.78 Å². The Labute approximate surface area is 270 Å². The molecule has 5 nitrogen and oxygen atoms in total. The van der Waals surface area contributed by atoms with Crippen LogP contribution in [0.4, 0.5) is 5.69 Å². The molecule has 232 valence electrons. The first kappa shape index (κ1) is 34.8. The second kappa shape index (κ2) is 17.0. The number of likely N-dealkylation sites (tertiary alicyclic amines) is 1. The summed E-state index contributed by atoms with van der Waals surface area (Å²) < 4.78 is 0. The van der Waals surface area contributed by atoms with E-state index < -0.39 is 0 Å².